The fraction of sp³-hybridized carbons (Fsp3) is 0.526. The van der Waals surface area contributed by atoms with E-state index in [2.05, 4.69) is 5.32 Å². The van der Waals surface area contributed by atoms with Gasteiger partial charge in [0.05, 0.1) is 12.3 Å². The predicted octanol–water partition coefficient (Wildman–Crippen LogP) is 2.31. The average molecular weight is 379 g/mol. The lowest BCUT2D eigenvalue weighted by atomic mass is 10.1. The van der Waals surface area contributed by atoms with Crippen LogP contribution in [0, 0.1) is 5.82 Å². The maximum Gasteiger partial charge on any atom is 0.409 e. The molecule has 0 aliphatic carbocycles. The first kappa shape index (κ1) is 20.7. The van der Waals surface area contributed by atoms with Gasteiger partial charge in [-0.1, -0.05) is 12.1 Å². The van der Waals surface area contributed by atoms with E-state index in [1.807, 2.05) is 0 Å². The summed E-state index contributed by atoms with van der Waals surface area (Å²) in [5.74, 6) is -1.03. The van der Waals surface area contributed by atoms with Crippen LogP contribution in [0.15, 0.2) is 24.3 Å². The van der Waals surface area contributed by atoms with Crippen molar-refractivity contribution in [1.29, 1.82) is 0 Å². The van der Waals surface area contributed by atoms with Gasteiger partial charge in [-0.2, -0.15) is 0 Å². The number of halogens is 1. The summed E-state index contributed by atoms with van der Waals surface area (Å²) < 4.78 is 18.9. The summed E-state index contributed by atoms with van der Waals surface area (Å²) in [4.78, 5) is 38.6. The van der Waals surface area contributed by atoms with Crippen molar-refractivity contribution in [2.24, 2.45) is 0 Å². The van der Waals surface area contributed by atoms with Gasteiger partial charge in [0.1, 0.15) is 5.82 Å². The Kier molecular flexibility index (Phi) is 7.57. The smallest absolute Gasteiger partial charge is 0.409 e. The minimum absolute atomic E-state index is 0.0255. The fourth-order valence-electron chi connectivity index (χ4n) is 3.05. The number of carbonyl (C=O) groups is 3. The molecular formula is C19H26FN3O4. The molecule has 1 fully saturated rings. The van der Waals surface area contributed by atoms with Crippen LogP contribution in [0.5, 0.6) is 0 Å². The SMILES string of the molecule is CCOC(=O)N1CCC(NC(=O)CCN(C(C)=O)c2ccccc2F)CC1. The Hall–Kier alpha value is -2.64. The molecule has 3 amide bonds. The number of carbonyl (C=O) groups excluding carboxylic acids is 3. The first-order valence-corrected chi connectivity index (χ1v) is 9.16. The van der Waals surface area contributed by atoms with E-state index in [1.54, 1.807) is 24.0 Å². The van der Waals surface area contributed by atoms with Crippen LogP contribution in [0.1, 0.15) is 33.1 Å². The monoisotopic (exact) mass is 379 g/mol. The summed E-state index contributed by atoms with van der Waals surface area (Å²) >= 11 is 0. The Bertz CT molecular complexity index is 675. The highest BCUT2D eigenvalue weighted by Gasteiger charge is 2.25. The van der Waals surface area contributed by atoms with Gasteiger partial charge in [0.2, 0.25) is 11.8 Å². The third kappa shape index (κ3) is 5.94. The van der Waals surface area contributed by atoms with Gasteiger partial charge in [-0.05, 0) is 31.9 Å². The highest BCUT2D eigenvalue weighted by atomic mass is 19.1. The van der Waals surface area contributed by atoms with Gasteiger partial charge in [-0.3, -0.25) is 9.59 Å². The van der Waals surface area contributed by atoms with E-state index in [0.717, 1.165) is 0 Å². The number of para-hydroxylation sites is 1. The van der Waals surface area contributed by atoms with Gasteiger partial charge in [0.15, 0.2) is 0 Å². The number of hydrogen-bond donors (Lipinski definition) is 1. The van der Waals surface area contributed by atoms with E-state index in [4.69, 9.17) is 4.74 Å². The van der Waals surface area contributed by atoms with Crippen LogP contribution in [0.2, 0.25) is 0 Å². The second-order valence-corrected chi connectivity index (χ2v) is 6.40. The summed E-state index contributed by atoms with van der Waals surface area (Å²) in [5.41, 5.74) is 0.167. The number of likely N-dealkylation sites (tertiary alicyclic amines) is 1. The van der Waals surface area contributed by atoms with Crippen LogP contribution in [-0.2, 0) is 14.3 Å². The van der Waals surface area contributed by atoms with E-state index in [1.165, 1.54) is 24.0 Å². The third-order valence-corrected chi connectivity index (χ3v) is 4.47. The van der Waals surface area contributed by atoms with Crippen molar-refractivity contribution in [1.82, 2.24) is 10.2 Å². The number of anilines is 1. The van der Waals surface area contributed by atoms with Crippen LogP contribution in [0.3, 0.4) is 0 Å². The summed E-state index contributed by atoms with van der Waals surface area (Å²) in [6, 6.07) is 5.96. The van der Waals surface area contributed by atoms with E-state index in [-0.39, 0.29) is 42.6 Å². The average Bonchev–Trinajstić information content (AvgIpc) is 2.64. The number of hydrogen-bond acceptors (Lipinski definition) is 4. The van der Waals surface area contributed by atoms with E-state index >= 15 is 0 Å². The molecule has 27 heavy (non-hydrogen) atoms. The molecule has 0 saturated carbocycles. The highest BCUT2D eigenvalue weighted by Crippen LogP contribution is 2.19. The molecule has 148 valence electrons. The zero-order chi connectivity index (χ0) is 19.8. The number of amides is 3. The second-order valence-electron chi connectivity index (χ2n) is 6.40. The number of rotatable bonds is 6. The quantitative estimate of drug-likeness (QED) is 0.823. The second kappa shape index (κ2) is 9.89. The minimum Gasteiger partial charge on any atom is -0.450 e. The molecule has 2 rings (SSSR count). The van der Waals surface area contributed by atoms with Gasteiger partial charge < -0.3 is 19.9 Å². The number of nitrogens with one attached hydrogen (secondary N) is 1. The van der Waals surface area contributed by atoms with Crippen molar-refractivity contribution in [3.8, 4) is 0 Å². The van der Waals surface area contributed by atoms with Gasteiger partial charge in [0, 0.05) is 39.0 Å². The summed E-state index contributed by atoms with van der Waals surface area (Å²) in [7, 11) is 0. The molecule has 8 heteroatoms. The first-order chi connectivity index (χ1) is 12.9. The van der Waals surface area contributed by atoms with Crippen LogP contribution >= 0.6 is 0 Å². The van der Waals surface area contributed by atoms with Crippen molar-refractivity contribution < 1.29 is 23.5 Å². The van der Waals surface area contributed by atoms with Gasteiger partial charge in [-0.25, -0.2) is 9.18 Å². The lowest BCUT2D eigenvalue weighted by Crippen LogP contribution is -2.47. The van der Waals surface area contributed by atoms with Crippen molar-refractivity contribution in [2.45, 2.75) is 39.2 Å². The van der Waals surface area contributed by atoms with Crippen LogP contribution in [0.25, 0.3) is 0 Å². The molecule has 1 aromatic rings. The molecule has 0 radical (unpaired) electrons. The van der Waals surface area contributed by atoms with Gasteiger partial charge in [0.25, 0.3) is 0 Å². The van der Waals surface area contributed by atoms with Crippen molar-refractivity contribution in [2.75, 3.05) is 31.1 Å². The number of piperidine rings is 1. The minimum atomic E-state index is -0.501. The van der Waals surface area contributed by atoms with E-state index in [9.17, 15) is 18.8 Å². The molecule has 1 aromatic carbocycles. The molecule has 0 bridgehead atoms. The predicted molar refractivity (Wildman–Crippen MR) is 98.8 cm³/mol. The molecular weight excluding hydrogens is 353 g/mol. The van der Waals surface area contributed by atoms with Crippen LogP contribution in [0.4, 0.5) is 14.9 Å². The van der Waals surface area contributed by atoms with Crippen molar-refractivity contribution in [3.05, 3.63) is 30.1 Å². The van der Waals surface area contributed by atoms with Gasteiger partial charge >= 0.3 is 6.09 Å². The zero-order valence-corrected chi connectivity index (χ0v) is 15.7. The fourth-order valence-corrected chi connectivity index (χ4v) is 3.05. The van der Waals surface area contributed by atoms with Crippen LogP contribution in [-0.4, -0.2) is 55.1 Å². The Balaban J connectivity index is 1.81. The standard InChI is InChI=1S/C19H26FN3O4/c1-3-27-19(26)22-11-8-15(9-12-22)21-18(25)10-13-23(14(2)24)17-7-5-4-6-16(17)20/h4-7,15H,3,8-13H2,1-2H3,(H,21,25). The molecule has 1 saturated heterocycles. The first-order valence-electron chi connectivity index (χ1n) is 9.16. The lowest BCUT2D eigenvalue weighted by Gasteiger charge is -2.31. The summed E-state index contributed by atoms with van der Waals surface area (Å²) in [6.07, 6.45) is 1.04. The molecule has 7 nitrogen and oxygen atoms in total. The maximum absolute atomic E-state index is 13.9. The van der Waals surface area contributed by atoms with Crippen molar-refractivity contribution >= 4 is 23.6 Å². The summed E-state index contributed by atoms with van der Waals surface area (Å²) in [6.45, 7) is 4.59. The summed E-state index contributed by atoms with van der Waals surface area (Å²) in [5, 5.41) is 2.92. The third-order valence-electron chi connectivity index (χ3n) is 4.47. The molecule has 0 unspecified atom stereocenters. The molecule has 0 atom stereocenters. The lowest BCUT2D eigenvalue weighted by molar-refractivity contribution is -0.122. The largest absolute Gasteiger partial charge is 0.450 e. The van der Waals surface area contributed by atoms with Crippen molar-refractivity contribution in [3.63, 3.8) is 0 Å². The molecule has 1 aliphatic heterocycles. The van der Waals surface area contributed by atoms with Gasteiger partial charge in [-0.15, -0.1) is 0 Å². The Labute approximate surface area is 158 Å². The molecule has 1 aliphatic rings. The molecule has 0 spiro atoms. The number of benzene rings is 1. The van der Waals surface area contributed by atoms with Crippen LogP contribution < -0.4 is 10.2 Å². The Morgan fingerprint density at radius 2 is 1.93 bits per heavy atom. The topological polar surface area (TPSA) is 79.0 Å². The normalized spacial score (nSPS) is 14.6. The van der Waals surface area contributed by atoms with E-state index < -0.39 is 5.82 Å². The number of ether oxygens (including phenoxy) is 1. The Morgan fingerprint density at radius 1 is 1.26 bits per heavy atom. The van der Waals surface area contributed by atoms with E-state index in [0.29, 0.717) is 32.5 Å². The highest BCUT2D eigenvalue weighted by molar-refractivity contribution is 5.92. The molecule has 1 heterocycles. The Morgan fingerprint density at radius 3 is 2.52 bits per heavy atom. The maximum atomic E-state index is 13.9. The molecule has 0 aromatic heterocycles. The molecule has 1 N–H and O–H groups in total. The zero-order valence-electron chi connectivity index (χ0n) is 15.7. The number of nitrogens with zero attached hydrogens (tertiary/aromatic N) is 2.